The van der Waals surface area contributed by atoms with Crippen LogP contribution in [0.15, 0.2) is 43.9 Å². The van der Waals surface area contributed by atoms with E-state index in [1.165, 1.54) is 0 Å². The van der Waals surface area contributed by atoms with Crippen molar-refractivity contribution in [2.24, 2.45) is 10.2 Å². The monoisotopic (exact) mass is 376 g/mol. The van der Waals surface area contributed by atoms with E-state index in [1.807, 2.05) is 33.7 Å². The molecular weight excluding hydrogens is 356 g/mol. The van der Waals surface area contributed by atoms with Gasteiger partial charge in [0.05, 0.1) is 12.4 Å². The van der Waals surface area contributed by atoms with Crippen molar-refractivity contribution in [2.75, 3.05) is 0 Å². The molecule has 0 bridgehead atoms. The van der Waals surface area contributed by atoms with Crippen LogP contribution in [0, 0.1) is 0 Å². The summed E-state index contributed by atoms with van der Waals surface area (Å²) >= 11 is 3.16. The van der Waals surface area contributed by atoms with Gasteiger partial charge in [0, 0.05) is 24.0 Å². The highest BCUT2D eigenvalue weighted by Gasteiger charge is 2.02. The van der Waals surface area contributed by atoms with Gasteiger partial charge in [-0.3, -0.25) is 9.59 Å². The first-order valence-corrected chi connectivity index (χ1v) is 9.81. The number of carbonyl (C=O) groups excluding carboxylic acids is 2. The van der Waals surface area contributed by atoms with Gasteiger partial charge in [0.25, 0.3) is 0 Å². The lowest BCUT2D eigenvalue weighted by atomic mass is 10.1. The molecule has 0 aliphatic rings. The lowest BCUT2D eigenvalue weighted by molar-refractivity contribution is -0.121. The summed E-state index contributed by atoms with van der Waals surface area (Å²) in [6, 6.07) is 3.85. The van der Waals surface area contributed by atoms with Crippen LogP contribution < -0.4 is 10.9 Å². The Morgan fingerprint density at radius 2 is 1.32 bits per heavy atom. The molecule has 0 fully saturated rings. The number of carbonyl (C=O) groups is 2. The van der Waals surface area contributed by atoms with E-state index < -0.39 is 0 Å². The number of thiophene rings is 2. The maximum Gasteiger partial charge on any atom is 0.240 e. The molecule has 0 aromatic carbocycles. The quantitative estimate of drug-likeness (QED) is 0.379. The number of hydrazone groups is 2. The fourth-order valence-corrected chi connectivity index (χ4v) is 3.14. The van der Waals surface area contributed by atoms with Crippen LogP contribution in [-0.2, 0) is 9.59 Å². The van der Waals surface area contributed by atoms with E-state index in [2.05, 4.69) is 21.1 Å². The van der Waals surface area contributed by atoms with Crippen LogP contribution in [0.5, 0.6) is 0 Å². The van der Waals surface area contributed by atoms with Gasteiger partial charge in [-0.2, -0.15) is 32.9 Å². The lowest BCUT2D eigenvalue weighted by Crippen LogP contribution is -2.18. The van der Waals surface area contributed by atoms with Crippen molar-refractivity contribution < 1.29 is 9.59 Å². The Morgan fingerprint density at radius 1 is 0.840 bits per heavy atom. The van der Waals surface area contributed by atoms with Crippen LogP contribution in [0.3, 0.4) is 0 Å². The predicted molar refractivity (Wildman–Crippen MR) is 103 cm³/mol. The van der Waals surface area contributed by atoms with Gasteiger partial charge in [0.2, 0.25) is 11.8 Å². The maximum absolute atomic E-state index is 11.6. The number of nitrogens with zero attached hydrogens (tertiary/aromatic N) is 2. The van der Waals surface area contributed by atoms with Crippen molar-refractivity contribution >= 4 is 46.9 Å². The van der Waals surface area contributed by atoms with Gasteiger partial charge in [-0.05, 0) is 46.5 Å². The normalized spacial score (nSPS) is 11.2. The van der Waals surface area contributed by atoms with Gasteiger partial charge < -0.3 is 0 Å². The van der Waals surface area contributed by atoms with Crippen LogP contribution in [0.2, 0.25) is 0 Å². The molecule has 0 spiro atoms. The number of nitrogens with one attached hydrogen (secondary N) is 2. The molecule has 0 unspecified atom stereocenters. The molecule has 0 saturated heterocycles. The minimum atomic E-state index is -0.115. The second-order valence-electron chi connectivity index (χ2n) is 5.26. The summed E-state index contributed by atoms with van der Waals surface area (Å²) in [6.45, 7) is 0. The van der Waals surface area contributed by atoms with Crippen molar-refractivity contribution in [1.82, 2.24) is 10.9 Å². The van der Waals surface area contributed by atoms with E-state index in [0.29, 0.717) is 12.8 Å². The van der Waals surface area contributed by atoms with Crippen molar-refractivity contribution in [2.45, 2.75) is 32.1 Å². The van der Waals surface area contributed by atoms with Gasteiger partial charge in [-0.25, -0.2) is 10.9 Å². The Bertz CT molecular complexity index is 634. The van der Waals surface area contributed by atoms with Crippen LogP contribution in [0.4, 0.5) is 0 Å². The molecule has 6 nitrogen and oxygen atoms in total. The molecular formula is C17H20N4O2S2. The van der Waals surface area contributed by atoms with E-state index in [0.717, 1.165) is 30.4 Å². The zero-order chi connectivity index (χ0) is 17.7. The molecule has 0 aliphatic heterocycles. The van der Waals surface area contributed by atoms with Crippen molar-refractivity contribution in [3.8, 4) is 0 Å². The molecule has 0 saturated carbocycles. The minimum absolute atomic E-state index is 0.115. The molecule has 2 heterocycles. The first kappa shape index (κ1) is 19.0. The lowest BCUT2D eigenvalue weighted by Gasteiger charge is -2.01. The van der Waals surface area contributed by atoms with Crippen molar-refractivity contribution in [3.05, 3.63) is 44.8 Å². The first-order chi connectivity index (χ1) is 12.2. The van der Waals surface area contributed by atoms with Crippen LogP contribution in [0.1, 0.15) is 43.2 Å². The first-order valence-electron chi connectivity index (χ1n) is 7.92. The summed E-state index contributed by atoms with van der Waals surface area (Å²) < 4.78 is 0. The number of rotatable bonds is 10. The van der Waals surface area contributed by atoms with E-state index >= 15 is 0 Å². The highest BCUT2D eigenvalue weighted by Crippen LogP contribution is 2.04. The standard InChI is InChI=1S/C17H20N4O2S2/c22-16(20-18-10-14-6-8-24-12-14)4-2-1-3-5-17(23)21-19-11-15-7-9-25-13-15/h6-13H,1-5H2,(H,20,22)(H,21,23). The molecule has 2 N–H and O–H groups in total. The third kappa shape index (κ3) is 8.37. The molecule has 25 heavy (non-hydrogen) atoms. The number of hydrogen-bond donors (Lipinski definition) is 2. The molecule has 0 atom stereocenters. The largest absolute Gasteiger partial charge is 0.273 e. The molecule has 2 aromatic heterocycles. The number of amides is 2. The number of hydrogen-bond acceptors (Lipinski definition) is 6. The minimum Gasteiger partial charge on any atom is -0.273 e. The Morgan fingerprint density at radius 3 is 1.72 bits per heavy atom. The highest BCUT2D eigenvalue weighted by atomic mass is 32.1. The Kier molecular flexibility index (Phi) is 8.57. The third-order valence-electron chi connectivity index (χ3n) is 3.20. The predicted octanol–water partition coefficient (Wildman–Crippen LogP) is 3.36. The van der Waals surface area contributed by atoms with E-state index in [-0.39, 0.29) is 11.8 Å². The third-order valence-corrected chi connectivity index (χ3v) is 4.60. The average Bonchev–Trinajstić information content (AvgIpc) is 3.28. The molecule has 2 rings (SSSR count). The van der Waals surface area contributed by atoms with Crippen molar-refractivity contribution in [3.63, 3.8) is 0 Å². The Balaban J connectivity index is 1.48. The fraction of sp³-hybridized carbons (Fsp3) is 0.294. The van der Waals surface area contributed by atoms with E-state index in [9.17, 15) is 9.59 Å². The molecule has 0 aliphatic carbocycles. The highest BCUT2D eigenvalue weighted by molar-refractivity contribution is 7.08. The topological polar surface area (TPSA) is 82.9 Å². The van der Waals surface area contributed by atoms with Gasteiger partial charge in [0.15, 0.2) is 0 Å². The summed E-state index contributed by atoms with van der Waals surface area (Å²) in [7, 11) is 0. The van der Waals surface area contributed by atoms with Gasteiger partial charge in [0.1, 0.15) is 0 Å². The molecule has 8 heteroatoms. The second-order valence-corrected chi connectivity index (χ2v) is 6.82. The zero-order valence-corrected chi connectivity index (χ0v) is 15.3. The van der Waals surface area contributed by atoms with Gasteiger partial charge in [-0.1, -0.05) is 6.42 Å². The second kappa shape index (κ2) is 11.3. The smallest absolute Gasteiger partial charge is 0.240 e. The van der Waals surface area contributed by atoms with Gasteiger partial charge in [-0.15, -0.1) is 0 Å². The molecule has 2 aromatic rings. The fourth-order valence-electron chi connectivity index (χ4n) is 1.91. The van der Waals surface area contributed by atoms with E-state index in [1.54, 1.807) is 35.1 Å². The SMILES string of the molecule is O=C(CCCCCC(=O)NN=Cc1ccsc1)NN=Cc1ccsc1. The molecule has 2 amide bonds. The van der Waals surface area contributed by atoms with Crippen LogP contribution >= 0.6 is 22.7 Å². The summed E-state index contributed by atoms with van der Waals surface area (Å²) in [6.07, 6.45) is 6.31. The molecule has 132 valence electrons. The average molecular weight is 377 g/mol. The number of unbranched alkanes of at least 4 members (excludes halogenated alkanes) is 2. The van der Waals surface area contributed by atoms with Gasteiger partial charge >= 0.3 is 0 Å². The molecule has 0 radical (unpaired) electrons. The summed E-state index contributed by atoms with van der Waals surface area (Å²) in [5, 5.41) is 15.6. The van der Waals surface area contributed by atoms with Crippen molar-refractivity contribution in [1.29, 1.82) is 0 Å². The van der Waals surface area contributed by atoms with Crippen LogP contribution in [-0.4, -0.2) is 24.2 Å². The Hall–Kier alpha value is -2.32. The zero-order valence-electron chi connectivity index (χ0n) is 13.7. The summed E-state index contributed by atoms with van der Waals surface area (Å²) in [5.41, 5.74) is 6.94. The maximum atomic E-state index is 11.6. The van der Waals surface area contributed by atoms with E-state index in [4.69, 9.17) is 0 Å². The van der Waals surface area contributed by atoms with Crippen LogP contribution in [0.25, 0.3) is 0 Å². The Labute approximate surface area is 154 Å². The summed E-state index contributed by atoms with van der Waals surface area (Å²) in [4.78, 5) is 23.2. The summed E-state index contributed by atoms with van der Waals surface area (Å²) in [5.74, 6) is -0.229.